The molecule has 0 spiro atoms. The second kappa shape index (κ2) is 7.84. The highest BCUT2D eigenvalue weighted by Crippen LogP contribution is 2.27. The summed E-state index contributed by atoms with van der Waals surface area (Å²) in [6.07, 6.45) is 5.95. The average Bonchev–Trinajstić information content (AvgIpc) is 3.29. The largest absolute Gasteiger partial charge is 0.350 e. The van der Waals surface area contributed by atoms with Crippen LogP contribution in [0, 0.1) is 6.92 Å². The lowest BCUT2D eigenvalue weighted by molar-refractivity contribution is -0.169. The molecule has 0 atom stereocenters. The number of aryl methyl sites for hydroxylation is 2. The fraction of sp³-hybridized carbons (Fsp3) is 0.429. The van der Waals surface area contributed by atoms with Gasteiger partial charge >= 0.3 is 6.61 Å². The zero-order valence-electron chi connectivity index (χ0n) is 17.3. The molecule has 0 radical (unpaired) electrons. The zero-order valence-corrected chi connectivity index (χ0v) is 17.3. The Morgan fingerprint density at radius 3 is 2.71 bits per heavy atom. The lowest BCUT2D eigenvalue weighted by atomic mass is 9.93. The molecular weight excluding hydrogens is 404 g/mol. The smallest absolute Gasteiger partial charge is 0.345 e. The molecule has 8 nitrogen and oxygen atoms in total. The second-order valence-electron chi connectivity index (χ2n) is 7.91. The van der Waals surface area contributed by atoms with Crippen molar-refractivity contribution in [2.75, 3.05) is 5.32 Å². The third kappa shape index (κ3) is 3.83. The molecule has 162 valence electrons. The highest BCUT2D eigenvalue weighted by atomic mass is 19.3. The molecule has 1 N–H and O–H groups in total. The molecule has 0 amide bonds. The summed E-state index contributed by atoms with van der Waals surface area (Å²) in [5, 5.41) is 7.88. The number of fused-ring (bicyclic) bond motifs is 2. The number of hydrogen-bond donors (Lipinski definition) is 1. The van der Waals surface area contributed by atoms with E-state index in [9.17, 15) is 8.78 Å². The van der Waals surface area contributed by atoms with Gasteiger partial charge in [0, 0.05) is 24.8 Å². The van der Waals surface area contributed by atoms with Gasteiger partial charge in [0.15, 0.2) is 5.65 Å². The maximum atomic E-state index is 12.4. The minimum absolute atomic E-state index is 0.141. The third-order valence-electron chi connectivity index (χ3n) is 5.94. The molecule has 4 aromatic heterocycles. The zero-order chi connectivity index (χ0) is 21.5. The highest BCUT2D eigenvalue weighted by Gasteiger charge is 2.24. The number of aromatic nitrogens is 6. The first-order valence-electron chi connectivity index (χ1n) is 10.3. The maximum absolute atomic E-state index is 12.4. The molecule has 0 aliphatic heterocycles. The van der Waals surface area contributed by atoms with Crippen molar-refractivity contribution in [3.63, 3.8) is 0 Å². The molecule has 0 bridgehead atoms. The van der Waals surface area contributed by atoms with Gasteiger partial charge in [0.1, 0.15) is 11.3 Å². The summed E-state index contributed by atoms with van der Waals surface area (Å²) in [4.78, 5) is 13.8. The molecule has 5 rings (SSSR count). The van der Waals surface area contributed by atoms with Gasteiger partial charge in [0.05, 0.1) is 23.5 Å². The SMILES string of the molecule is Cc1nc2ccc(-c3ccn4nc(N[C@H]5CC[C@H](OC(F)F)CC5)ncc34)nc2n1C. The number of halogens is 2. The summed E-state index contributed by atoms with van der Waals surface area (Å²) in [6.45, 7) is -0.754. The number of ether oxygens (including phenoxy) is 1. The number of alkyl halides is 2. The molecule has 10 heteroatoms. The van der Waals surface area contributed by atoms with Crippen molar-refractivity contribution in [2.45, 2.75) is 51.4 Å². The van der Waals surface area contributed by atoms with Crippen LogP contribution in [0.1, 0.15) is 31.5 Å². The van der Waals surface area contributed by atoms with E-state index in [-0.39, 0.29) is 12.1 Å². The van der Waals surface area contributed by atoms with E-state index in [2.05, 4.69) is 25.1 Å². The van der Waals surface area contributed by atoms with Crippen LogP contribution in [-0.2, 0) is 11.8 Å². The summed E-state index contributed by atoms with van der Waals surface area (Å²) < 4.78 is 33.1. The Labute approximate surface area is 177 Å². The van der Waals surface area contributed by atoms with Gasteiger partial charge in [0.25, 0.3) is 0 Å². The Kier molecular flexibility index (Phi) is 5.01. The Bertz CT molecular complexity index is 1230. The van der Waals surface area contributed by atoms with Gasteiger partial charge in [-0.25, -0.2) is 19.5 Å². The van der Waals surface area contributed by atoms with Crippen molar-refractivity contribution in [3.8, 4) is 11.3 Å². The molecule has 0 saturated heterocycles. The highest BCUT2D eigenvalue weighted by molar-refractivity contribution is 5.82. The molecule has 1 saturated carbocycles. The van der Waals surface area contributed by atoms with Crippen LogP contribution < -0.4 is 5.32 Å². The summed E-state index contributed by atoms with van der Waals surface area (Å²) in [7, 11) is 1.95. The van der Waals surface area contributed by atoms with Gasteiger partial charge in [0.2, 0.25) is 5.95 Å². The van der Waals surface area contributed by atoms with Crippen LogP contribution in [0.25, 0.3) is 27.9 Å². The van der Waals surface area contributed by atoms with Crippen molar-refractivity contribution < 1.29 is 13.5 Å². The van der Waals surface area contributed by atoms with E-state index in [4.69, 9.17) is 4.98 Å². The van der Waals surface area contributed by atoms with E-state index in [0.717, 1.165) is 46.6 Å². The van der Waals surface area contributed by atoms with Crippen LogP contribution in [0.5, 0.6) is 0 Å². The molecule has 1 aliphatic carbocycles. The van der Waals surface area contributed by atoms with Gasteiger partial charge in [-0.05, 0) is 50.8 Å². The Morgan fingerprint density at radius 2 is 1.94 bits per heavy atom. The quantitative estimate of drug-likeness (QED) is 0.519. The van der Waals surface area contributed by atoms with Gasteiger partial charge in [-0.1, -0.05) is 0 Å². The van der Waals surface area contributed by atoms with E-state index in [1.165, 1.54) is 0 Å². The molecule has 31 heavy (non-hydrogen) atoms. The van der Waals surface area contributed by atoms with Crippen LogP contribution in [0.4, 0.5) is 14.7 Å². The van der Waals surface area contributed by atoms with E-state index >= 15 is 0 Å². The number of nitrogens with one attached hydrogen (secondary N) is 1. The van der Waals surface area contributed by atoms with Crippen molar-refractivity contribution in [1.29, 1.82) is 0 Å². The van der Waals surface area contributed by atoms with Gasteiger partial charge in [-0.2, -0.15) is 8.78 Å². The minimum Gasteiger partial charge on any atom is -0.350 e. The first-order chi connectivity index (χ1) is 15.0. The van der Waals surface area contributed by atoms with E-state index in [0.29, 0.717) is 18.8 Å². The number of anilines is 1. The summed E-state index contributed by atoms with van der Waals surface area (Å²) in [6, 6.07) is 6.04. The number of hydrogen-bond acceptors (Lipinski definition) is 6. The van der Waals surface area contributed by atoms with Crippen molar-refractivity contribution >= 4 is 22.6 Å². The van der Waals surface area contributed by atoms with Gasteiger partial charge in [-0.3, -0.25) is 0 Å². The topological polar surface area (TPSA) is 82.2 Å². The standard InChI is InChI=1S/C21H23F2N7O/c1-12-25-17-8-7-16(27-19(17)29(12)2)15-9-10-30-18(15)11-24-21(28-30)26-13-3-5-14(6-4-13)31-20(22)23/h7-11,13-14,20H,3-6H2,1-2H3,(H,26,28)/t13-,14-. The monoisotopic (exact) mass is 427 g/mol. The molecule has 1 aliphatic rings. The maximum Gasteiger partial charge on any atom is 0.345 e. The van der Waals surface area contributed by atoms with Gasteiger partial charge < -0.3 is 14.6 Å². The third-order valence-corrected chi connectivity index (χ3v) is 5.94. The fourth-order valence-corrected chi connectivity index (χ4v) is 4.18. The Morgan fingerprint density at radius 1 is 1.13 bits per heavy atom. The molecule has 1 fully saturated rings. The Hall–Kier alpha value is -3.14. The average molecular weight is 427 g/mol. The lowest BCUT2D eigenvalue weighted by Crippen LogP contribution is -2.31. The first-order valence-corrected chi connectivity index (χ1v) is 10.3. The number of imidazole rings is 1. The molecular formula is C21H23F2N7O. The van der Waals surface area contributed by atoms with E-state index in [1.807, 2.05) is 42.9 Å². The fourth-order valence-electron chi connectivity index (χ4n) is 4.18. The molecule has 0 unspecified atom stereocenters. The minimum atomic E-state index is -2.71. The summed E-state index contributed by atoms with van der Waals surface area (Å²) in [5.74, 6) is 1.42. The summed E-state index contributed by atoms with van der Waals surface area (Å²) in [5.41, 5.74) is 4.32. The second-order valence-corrected chi connectivity index (χ2v) is 7.91. The van der Waals surface area contributed by atoms with Crippen LogP contribution in [0.3, 0.4) is 0 Å². The van der Waals surface area contributed by atoms with E-state index < -0.39 is 6.61 Å². The van der Waals surface area contributed by atoms with Gasteiger partial charge in [-0.15, -0.1) is 5.10 Å². The van der Waals surface area contributed by atoms with Crippen LogP contribution in [0.2, 0.25) is 0 Å². The predicted molar refractivity (Wildman–Crippen MR) is 112 cm³/mol. The lowest BCUT2D eigenvalue weighted by Gasteiger charge is -2.28. The van der Waals surface area contributed by atoms with Crippen molar-refractivity contribution in [1.82, 2.24) is 29.1 Å². The van der Waals surface area contributed by atoms with Crippen molar-refractivity contribution in [3.05, 3.63) is 36.4 Å². The number of pyridine rings is 1. The Balaban J connectivity index is 1.34. The van der Waals surface area contributed by atoms with Crippen LogP contribution in [0.15, 0.2) is 30.6 Å². The molecule has 4 aromatic rings. The number of rotatable bonds is 5. The first kappa shape index (κ1) is 19.8. The predicted octanol–water partition coefficient (Wildman–Crippen LogP) is 3.95. The number of nitrogens with zero attached hydrogens (tertiary/aromatic N) is 6. The molecule has 4 heterocycles. The van der Waals surface area contributed by atoms with Crippen molar-refractivity contribution in [2.24, 2.45) is 7.05 Å². The van der Waals surface area contributed by atoms with Crippen LogP contribution in [-0.4, -0.2) is 47.9 Å². The van der Waals surface area contributed by atoms with E-state index in [1.54, 1.807) is 10.7 Å². The molecule has 0 aromatic carbocycles. The summed E-state index contributed by atoms with van der Waals surface area (Å²) >= 11 is 0. The van der Waals surface area contributed by atoms with Crippen LogP contribution >= 0.6 is 0 Å². The normalized spacial score (nSPS) is 19.5.